The molecule has 2 aliphatic rings. The SMILES string of the molecule is Cc1ccc(CC2SC(=O)N(CN3CCC(C)CC3)C2=O)cc1. The highest BCUT2D eigenvalue weighted by Crippen LogP contribution is 2.30. The summed E-state index contributed by atoms with van der Waals surface area (Å²) in [4.78, 5) is 28.5. The zero-order valence-corrected chi connectivity index (χ0v) is 14.6. The van der Waals surface area contributed by atoms with Crippen LogP contribution in [-0.4, -0.2) is 46.0 Å². The quantitative estimate of drug-likeness (QED) is 0.848. The Kier molecular flexibility index (Phi) is 5.07. The molecule has 2 amide bonds. The number of thioether (sulfide) groups is 1. The van der Waals surface area contributed by atoms with Gasteiger partial charge in [0.1, 0.15) is 0 Å². The van der Waals surface area contributed by atoms with Crippen LogP contribution in [0.1, 0.15) is 30.9 Å². The van der Waals surface area contributed by atoms with E-state index in [2.05, 4.69) is 11.8 Å². The van der Waals surface area contributed by atoms with Gasteiger partial charge in [-0.25, -0.2) is 0 Å². The molecule has 2 aliphatic heterocycles. The van der Waals surface area contributed by atoms with Gasteiger partial charge in [0.15, 0.2) is 0 Å². The molecule has 124 valence electrons. The third-order valence-electron chi connectivity index (χ3n) is 4.76. The van der Waals surface area contributed by atoms with Crippen LogP contribution < -0.4 is 0 Å². The van der Waals surface area contributed by atoms with Crippen LogP contribution in [-0.2, 0) is 11.2 Å². The van der Waals surface area contributed by atoms with Gasteiger partial charge >= 0.3 is 0 Å². The minimum atomic E-state index is -0.270. The molecule has 5 heteroatoms. The number of piperidine rings is 1. The van der Waals surface area contributed by atoms with Gasteiger partial charge < -0.3 is 0 Å². The fourth-order valence-electron chi connectivity index (χ4n) is 3.10. The molecule has 0 saturated carbocycles. The van der Waals surface area contributed by atoms with Crippen molar-refractivity contribution in [2.75, 3.05) is 19.8 Å². The minimum absolute atomic E-state index is 0.0285. The average Bonchev–Trinajstić information content (AvgIpc) is 2.79. The molecule has 2 fully saturated rings. The number of hydrogen-bond donors (Lipinski definition) is 0. The zero-order valence-electron chi connectivity index (χ0n) is 13.8. The Morgan fingerprint density at radius 2 is 1.78 bits per heavy atom. The first-order chi connectivity index (χ1) is 11.0. The molecule has 1 aromatic carbocycles. The van der Waals surface area contributed by atoms with Gasteiger partial charge in [-0.15, -0.1) is 0 Å². The molecule has 3 rings (SSSR count). The highest BCUT2D eigenvalue weighted by Gasteiger charge is 2.40. The molecule has 4 nitrogen and oxygen atoms in total. The lowest BCUT2D eigenvalue weighted by atomic mass is 10.00. The van der Waals surface area contributed by atoms with Crippen molar-refractivity contribution in [1.82, 2.24) is 9.80 Å². The maximum absolute atomic E-state index is 12.6. The molecule has 23 heavy (non-hydrogen) atoms. The van der Waals surface area contributed by atoms with Gasteiger partial charge in [0.2, 0.25) is 5.91 Å². The second-order valence-corrected chi connectivity index (χ2v) is 7.92. The fraction of sp³-hybridized carbons (Fsp3) is 0.556. The van der Waals surface area contributed by atoms with Crippen molar-refractivity contribution in [2.45, 2.75) is 38.4 Å². The van der Waals surface area contributed by atoms with Crippen LogP contribution in [0, 0.1) is 12.8 Å². The summed E-state index contributed by atoms with van der Waals surface area (Å²) >= 11 is 1.18. The number of benzene rings is 1. The first-order valence-electron chi connectivity index (χ1n) is 8.33. The number of likely N-dealkylation sites (tertiary alicyclic amines) is 1. The number of nitrogens with zero attached hydrogens (tertiary/aromatic N) is 2. The molecular weight excluding hydrogens is 308 g/mol. The van der Waals surface area contributed by atoms with Crippen molar-refractivity contribution in [3.8, 4) is 0 Å². The van der Waals surface area contributed by atoms with Crippen molar-refractivity contribution >= 4 is 22.9 Å². The number of aryl methyl sites for hydroxylation is 1. The summed E-state index contributed by atoms with van der Waals surface area (Å²) in [5, 5.41) is -0.361. The van der Waals surface area contributed by atoms with Gasteiger partial charge in [0.25, 0.3) is 5.24 Å². The van der Waals surface area contributed by atoms with Crippen LogP contribution in [0.3, 0.4) is 0 Å². The summed E-state index contributed by atoms with van der Waals surface area (Å²) in [7, 11) is 0. The van der Waals surface area contributed by atoms with Crippen molar-refractivity contribution in [3.63, 3.8) is 0 Å². The summed E-state index contributed by atoms with van der Waals surface area (Å²) < 4.78 is 0. The van der Waals surface area contributed by atoms with E-state index in [9.17, 15) is 9.59 Å². The number of rotatable bonds is 4. The Morgan fingerprint density at radius 1 is 1.13 bits per heavy atom. The summed E-state index contributed by atoms with van der Waals surface area (Å²) in [6.45, 7) is 6.72. The Labute approximate surface area is 142 Å². The lowest BCUT2D eigenvalue weighted by Crippen LogP contribution is -2.44. The topological polar surface area (TPSA) is 40.6 Å². The summed E-state index contributed by atoms with van der Waals surface area (Å²) in [6.07, 6.45) is 2.93. The molecular formula is C18H24N2O2S. The van der Waals surface area contributed by atoms with Gasteiger partial charge in [-0.05, 0) is 37.7 Å². The summed E-state index contributed by atoms with van der Waals surface area (Å²) in [5.74, 6) is 0.721. The van der Waals surface area contributed by atoms with E-state index < -0.39 is 0 Å². The molecule has 0 bridgehead atoms. The first-order valence-corrected chi connectivity index (χ1v) is 9.21. The molecule has 0 aromatic heterocycles. The molecule has 0 aliphatic carbocycles. The van der Waals surface area contributed by atoms with Gasteiger partial charge in [-0.1, -0.05) is 48.5 Å². The predicted octanol–water partition coefficient (Wildman–Crippen LogP) is 3.29. The highest BCUT2D eigenvalue weighted by atomic mass is 32.2. The molecule has 1 aromatic rings. The zero-order chi connectivity index (χ0) is 16.4. The first kappa shape index (κ1) is 16.5. The van der Waals surface area contributed by atoms with Crippen molar-refractivity contribution in [1.29, 1.82) is 0 Å². The van der Waals surface area contributed by atoms with Crippen LogP contribution in [0.15, 0.2) is 24.3 Å². The number of hydrogen-bond acceptors (Lipinski definition) is 4. The smallest absolute Gasteiger partial charge is 0.286 e. The molecule has 0 radical (unpaired) electrons. The van der Waals surface area contributed by atoms with Crippen molar-refractivity contribution in [2.24, 2.45) is 5.92 Å². The van der Waals surface area contributed by atoms with Crippen LogP contribution >= 0.6 is 11.8 Å². The van der Waals surface area contributed by atoms with E-state index in [0.29, 0.717) is 13.1 Å². The maximum Gasteiger partial charge on any atom is 0.290 e. The van der Waals surface area contributed by atoms with Gasteiger partial charge in [-0.3, -0.25) is 19.4 Å². The Morgan fingerprint density at radius 3 is 2.43 bits per heavy atom. The normalized spacial score (nSPS) is 23.7. The van der Waals surface area contributed by atoms with Crippen molar-refractivity contribution in [3.05, 3.63) is 35.4 Å². The van der Waals surface area contributed by atoms with E-state index in [4.69, 9.17) is 0 Å². The van der Waals surface area contributed by atoms with Crippen LogP contribution in [0.4, 0.5) is 4.79 Å². The summed E-state index contributed by atoms with van der Waals surface area (Å²) in [5.41, 5.74) is 2.32. The van der Waals surface area contributed by atoms with Crippen molar-refractivity contribution < 1.29 is 9.59 Å². The van der Waals surface area contributed by atoms with Gasteiger partial charge in [0.05, 0.1) is 11.9 Å². The highest BCUT2D eigenvalue weighted by molar-refractivity contribution is 8.15. The van der Waals surface area contributed by atoms with Crippen LogP contribution in [0.2, 0.25) is 0 Å². The monoisotopic (exact) mass is 332 g/mol. The lowest BCUT2D eigenvalue weighted by molar-refractivity contribution is -0.128. The standard InChI is InChI=1S/C18H24N2O2S/c1-13-3-5-15(6-4-13)11-16-17(21)20(18(22)23-16)12-19-9-7-14(2)8-10-19/h3-6,14,16H,7-12H2,1-2H3. The summed E-state index contributed by atoms with van der Waals surface area (Å²) in [6, 6.07) is 8.19. The van der Waals surface area contributed by atoms with E-state index >= 15 is 0 Å². The third kappa shape index (κ3) is 3.96. The number of carbonyl (C=O) groups excluding carboxylic acids is 2. The second-order valence-electron chi connectivity index (χ2n) is 6.77. The molecule has 2 saturated heterocycles. The maximum atomic E-state index is 12.6. The van der Waals surface area contributed by atoms with E-state index in [1.807, 2.05) is 31.2 Å². The third-order valence-corrected chi connectivity index (χ3v) is 5.84. The van der Waals surface area contributed by atoms with E-state index in [0.717, 1.165) is 37.4 Å². The molecule has 2 heterocycles. The molecule has 0 spiro atoms. The van der Waals surface area contributed by atoms with Gasteiger partial charge in [0, 0.05) is 13.1 Å². The largest absolute Gasteiger partial charge is 0.290 e. The van der Waals surface area contributed by atoms with Crippen LogP contribution in [0.25, 0.3) is 0 Å². The number of carbonyl (C=O) groups is 2. The van der Waals surface area contributed by atoms with E-state index in [1.54, 1.807) is 0 Å². The van der Waals surface area contributed by atoms with Gasteiger partial charge in [-0.2, -0.15) is 0 Å². The number of amides is 2. The van der Waals surface area contributed by atoms with E-state index in [1.165, 1.54) is 22.2 Å². The fourth-order valence-corrected chi connectivity index (χ4v) is 4.12. The Bertz CT molecular complexity index is 579. The van der Waals surface area contributed by atoms with E-state index in [-0.39, 0.29) is 16.4 Å². The average molecular weight is 332 g/mol. The van der Waals surface area contributed by atoms with Crippen LogP contribution in [0.5, 0.6) is 0 Å². The molecule has 0 N–H and O–H groups in total. The minimum Gasteiger partial charge on any atom is -0.286 e. The molecule has 1 atom stereocenters. The molecule has 1 unspecified atom stereocenters. The lowest BCUT2D eigenvalue weighted by Gasteiger charge is -2.32. The Balaban J connectivity index is 1.59. The predicted molar refractivity (Wildman–Crippen MR) is 93.3 cm³/mol. The number of imide groups is 1. The second kappa shape index (κ2) is 7.05. The Hall–Kier alpha value is -1.33.